The summed E-state index contributed by atoms with van der Waals surface area (Å²) in [5, 5.41) is 8.92. The number of hydrogen-bond donors (Lipinski definition) is 2. The quantitative estimate of drug-likeness (QED) is 0.888. The molecule has 3 N–H and O–H groups in total. The minimum atomic E-state index is -1.20. The number of carboxylic acids is 1. The first-order valence-electron chi connectivity index (χ1n) is 5.41. The first kappa shape index (κ1) is 12.8. The van der Waals surface area contributed by atoms with Crippen molar-refractivity contribution in [1.29, 1.82) is 0 Å². The van der Waals surface area contributed by atoms with E-state index in [4.69, 9.17) is 15.6 Å². The number of nitrogens with zero attached hydrogens (tertiary/aromatic N) is 1. The summed E-state index contributed by atoms with van der Waals surface area (Å²) < 4.78 is 19.0. The van der Waals surface area contributed by atoms with Gasteiger partial charge in [0.05, 0.1) is 17.4 Å². The van der Waals surface area contributed by atoms with Crippen LogP contribution in [0.4, 0.5) is 10.1 Å². The van der Waals surface area contributed by atoms with E-state index in [9.17, 15) is 9.18 Å². The van der Waals surface area contributed by atoms with Crippen molar-refractivity contribution >= 4 is 11.7 Å². The Morgan fingerprint density at radius 1 is 1.47 bits per heavy atom. The summed E-state index contributed by atoms with van der Waals surface area (Å²) >= 11 is 0. The Morgan fingerprint density at radius 2 is 2.21 bits per heavy atom. The first-order valence-corrected chi connectivity index (χ1v) is 5.41. The number of anilines is 1. The minimum Gasteiger partial charge on any atom is -0.478 e. The van der Waals surface area contributed by atoms with E-state index in [0.29, 0.717) is 5.56 Å². The number of halogens is 1. The third-order valence-electron chi connectivity index (χ3n) is 2.51. The van der Waals surface area contributed by atoms with Crippen molar-refractivity contribution in [3.63, 3.8) is 0 Å². The number of nitrogen functional groups attached to an aromatic ring is 1. The van der Waals surface area contributed by atoms with Crippen LogP contribution in [0.3, 0.4) is 0 Å². The molecule has 19 heavy (non-hydrogen) atoms. The molecule has 6 heteroatoms. The maximum atomic E-state index is 13.7. The lowest BCUT2D eigenvalue weighted by atomic mass is 10.2. The van der Waals surface area contributed by atoms with E-state index in [1.807, 2.05) is 0 Å². The molecule has 0 bridgehead atoms. The van der Waals surface area contributed by atoms with Gasteiger partial charge in [0.2, 0.25) is 5.88 Å². The lowest BCUT2D eigenvalue weighted by molar-refractivity contribution is 0.0697. The Bertz CT molecular complexity index is 644. The van der Waals surface area contributed by atoms with E-state index >= 15 is 0 Å². The molecular weight excluding hydrogens is 251 g/mol. The summed E-state index contributed by atoms with van der Waals surface area (Å²) in [5.41, 5.74) is 5.76. The van der Waals surface area contributed by atoms with Gasteiger partial charge >= 0.3 is 5.97 Å². The van der Waals surface area contributed by atoms with Crippen molar-refractivity contribution in [1.82, 2.24) is 4.98 Å². The predicted molar refractivity (Wildman–Crippen MR) is 66.8 cm³/mol. The molecule has 1 heterocycles. The third kappa shape index (κ3) is 2.62. The number of nitrogens with two attached hydrogens (primary N) is 1. The van der Waals surface area contributed by atoms with E-state index in [-0.39, 0.29) is 22.9 Å². The van der Waals surface area contributed by atoms with E-state index in [1.54, 1.807) is 19.1 Å². The zero-order valence-electron chi connectivity index (χ0n) is 10.1. The molecule has 1 aromatic heterocycles. The normalized spacial score (nSPS) is 10.2. The fourth-order valence-electron chi connectivity index (χ4n) is 1.50. The molecule has 0 amide bonds. The number of hydrogen-bond acceptors (Lipinski definition) is 4. The van der Waals surface area contributed by atoms with Crippen molar-refractivity contribution in [3.8, 4) is 11.6 Å². The van der Waals surface area contributed by atoms with Gasteiger partial charge in [-0.25, -0.2) is 14.2 Å². The Kier molecular flexibility index (Phi) is 3.33. The Morgan fingerprint density at radius 3 is 2.89 bits per heavy atom. The maximum Gasteiger partial charge on any atom is 0.338 e. The van der Waals surface area contributed by atoms with Crippen LogP contribution in [-0.4, -0.2) is 16.1 Å². The molecule has 0 radical (unpaired) electrons. The van der Waals surface area contributed by atoms with Gasteiger partial charge in [-0.2, -0.15) is 0 Å². The number of aromatic nitrogens is 1. The molecule has 0 atom stereocenters. The second kappa shape index (κ2) is 4.93. The van der Waals surface area contributed by atoms with Crippen LogP contribution in [0.15, 0.2) is 30.5 Å². The van der Waals surface area contributed by atoms with Gasteiger partial charge in [0, 0.05) is 6.07 Å². The number of carboxylic acid groups (broad SMARTS) is 1. The summed E-state index contributed by atoms with van der Waals surface area (Å²) in [5.74, 6) is -1.77. The number of aryl methyl sites for hydroxylation is 1. The third-order valence-corrected chi connectivity index (χ3v) is 2.51. The smallest absolute Gasteiger partial charge is 0.338 e. The number of rotatable bonds is 3. The van der Waals surface area contributed by atoms with Gasteiger partial charge in [0.15, 0.2) is 11.6 Å². The van der Waals surface area contributed by atoms with Crippen LogP contribution in [0, 0.1) is 12.7 Å². The highest BCUT2D eigenvalue weighted by Gasteiger charge is 2.13. The summed E-state index contributed by atoms with van der Waals surface area (Å²) in [6, 6.07) is 5.81. The van der Waals surface area contributed by atoms with Gasteiger partial charge in [-0.3, -0.25) is 0 Å². The van der Waals surface area contributed by atoms with E-state index in [1.165, 1.54) is 6.07 Å². The molecule has 0 aliphatic carbocycles. The summed E-state index contributed by atoms with van der Waals surface area (Å²) in [6.45, 7) is 1.60. The van der Waals surface area contributed by atoms with Crippen LogP contribution < -0.4 is 10.5 Å². The molecule has 2 rings (SSSR count). The Labute approximate surface area is 108 Å². The van der Waals surface area contributed by atoms with Crippen LogP contribution in [0.1, 0.15) is 15.9 Å². The van der Waals surface area contributed by atoms with Crippen LogP contribution in [-0.2, 0) is 0 Å². The van der Waals surface area contributed by atoms with Gasteiger partial charge < -0.3 is 15.6 Å². The van der Waals surface area contributed by atoms with Crippen LogP contribution in [0.2, 0.25) is 0 Å². The van der Waals surface area contributed by atoms with Gasteiger partial charge in [0.1, 0.15) is 0 Å². The van der Waals surface area contributed by atoms with Crippen LogP contribution in [0.5, 0.6) is 11.6 Å². The lowest BCUT2D eigenvalue weighted by Gasteiger charge is -2.08. The summed E-state index contributed by atoms with van der Waals surface area (Å²) in [6.07, 6.45) is 1.16. The largest absolute Gasteiger partial charge is 0.478 e. The molecular formula is C13H11FN2O3. The van der Waals surface area contributed by atoms with Gasteiger partial charge in [-0.15, -0.1) is 0 Å². The highest BCUT2D eigenvalue weighted by atomic mass is 19.1. The highest BCUT2D eigenvalue weighted by Crippen LogP contribution is 2.26. The van der Waals surface area contributed by atoms with Crippen LogP contribution in [0.25, 0.3) is 0 Å². The van der Waals surface area contributed by atoms with Gasteiger partial charge in [-0.05, 0) is 18.6 Å². The molecule has 0 spiro atoms. The minimum absolute atomic E-state index is 0.0181. The van der Waals surface area contributed by atoms with Gasteiger partial charge in [0.25, 0.3) is 0 Å². The van der Waals surface area contributed by atoms with E-state index in [0.717, 1.165) is 12.3 Å². The predicted octanol–water partition coefficient (Wildman–Crippen LogP) is 2.60. The zero-order chi connectivity index (χ0) is 14.0. The average Bonchev–Trinajstić information content (AvgIpc) is 2.37. The number of pyridine rings is 1. The van der Waals surface area contributed by atoms with Crippen LogP contribution >= 0.6 is 0 Å². The van der Waals surface area contributed by atoms with E-state index in [2.05, 4.69) is 4.98 Å². The molecule has 0 aliphatic heterocycles. The van der Waals surface area contributed by atoms with E-state index < -0.39 is 11.8 Å². The zero-order valence-corrected chi connectivity index (χ0v) is 10.1. The molecule has 2 aromatic rings. The first-order chi connectivity index (χ1) is 8.99. The standard InChI is InChI=1S/C13H11FN2O3/c1-7-3-2-4-10(12(7)14)19-11-5-8(13(17)18)9(15)6-16-11/h2-6H,15H2,1H3,(H,17,18). The Hall–Kier alpha value is -2.63. The summed E-state index contributed by atoms with van der Waals surface area (Å²) in [7, 11) is 0. The average molecular weight is 262 g/mol. The molecule has 0 aliphatic rings. The monoisotopic (exact) mass is 262 g/mol. The summed E-state index contributed by atoms with van der Waals surface area (Å²) in [4.78, 5) is 14.7. The maximum absolute atomic E-state index is 13.7. The molecule has 1 aromatic carbocycles. The van der Waals surface area contributed by atoms with Crippen molar-refractivity contribution in [3.05, 3.63) is 47.4 Å². The fraction of sp³-hybridized carbons (Fsp3) is 0.0769. The fourth-order valence-corrected chi connectivity index (χ4v) is 1.50. The second-order valence-corrected chi connectivity index (χ2v) is 3.90. The topological polar surface area (TPSA) is 85.4 Å². The number of ether oxygens (including phenoxy) is 1. The van der Waals surface area contributed by atoms with Crippen molar-refractivity contribution in [2.45, 2.75) is 6.92 Å². The molecule has 98 valence electrons. The second-order valence-electron chi connectivity index (χ2n) is 3.90. The Balaban J connectivity index is 2.36. The van der Waals surface area contributed by atoms with Gasteiger partial charge in [-0.1, -0.05) is 12.1 Å². The number of carbonyl (C=O) groups is 1. The molecule has 5 nitrogen and oxygen atoms in total. The lowest BCUT2D eigenvalue weighted by Crippen LogP contribution is -2.04. The van der Waals surface area contributed by atoms with Crippen molar-refractivity contribution in [2.75, 3.05) is 5.73 Å². The van der Waals surface area contributed by atoms with Crippen molar-refractivity contribution in [2.24, 2.45) is 0 Å². The molecule has 0 saturated heterocycles. The number of aromatic carboxylic acids is 1. The SMILES string of the molecule is Cc1cccc(Oc2cc(C(=O)O)c(N)cn2)c1F. The van der Waals surface area contributed by atoms with Crippen molar-refractivity contribution < 1.29 is 19.0 Å². The number of benzene rings is 1. The molecule has 0 fully saturated rings. The highest BCUT2D eigenvalue weighted by molar-refractivity contribution is 5.93. The molecule has 0 saturated carbocycles. The molecule has 0 unspecified atom stereocenters.